The molecule has 0 saturated heterocycles. The van der Waals surface area contributed by atoms with Crippen LogP contribution in [0.5, 0.6) is 11.5 Å². The summed E-state index contributed by atoms with van der Waals surface area (Å²) in [6.07, 6.45) is 1.62. The van der Waals surface area contributed by atoms with Crippen molar-refractivity contribution in [3.63, 3.8) is 0 Å². The molecule has 2 aromatic rings. The van der Waals surface area contributed by atoms with Crippen molar-refractivity contribution in [2.75, 3.05) is 0 Å². The molecule has 1 amide bonds. The van der Waals surface area contributed by atoms with Crippen molar-refractivity contribution < 1.29 is 9.53 Å². The van der Waals surface area contributed by atoms with Crippen LogP contribution < -0.4 is 10.1 Å². The topological polar surface area (TPSA) is 51.2 Å². The van der Waals surface area contributed by atoms with Crippen molar-refractivity contribution in [1.82, 2.24) is 10.3 Å². The van der Waals surface area contributed by atoms with Crippen LogP contribution in [0.15, 0.2) is 48.7 Å². The van der Waals surface area contributed by atoms with Crippen LogP contribution >= 0.6 is 0 Å². The number of carbonyl (C=O) groups is 1. The summed E-state index contributed by atoms with van der Waals surface area (Å²) in [5.74, 6) is 6.05. The van der Waals surface area contributed by atoms with Crippen molar-refractivity contribution in [3.8, 4) is 23.3 Å². The van der Waals surface area contributed by atoms with Gasteiger partial charge in [0.2, 0.25) is 0 Å². The molecule has 100 valence electrons. The van der Waals surface area contributed by atoms with Crippen LogP contribution in [0.3, 0.4) is 0 Å². The third-order valence-electron chi connectivity index (χ3n) is 2.45. The highest BCUT2D eigenvalue weighted by Crippen LogP contribution is 2.19. The highest BCUT2D eigenvalue weighted by atomic mass is 16.5. The second kappa shape index (κ2) is 6.95. The minimum absolute atomic E-state index is 0.307. The van der Waals surface area contributed by atoms with Crippen molar-refractivity contribution >= 4 is 5.91 Å². The number of benzene rings is 1. The molecular formula is C16H14N2O2. The fourth-order valence-corrected chi connectivity index (χ4v) is 1.53. The number of nitrogens with one attached hydrogen (secondary N) is 1. The van der Waals surface area contributed by atoms with Gasteiger partial charge in [-0.15, -0.1) is 0 Å². The van der Waals surface area contributed by atoms with Crippen LogP contribution in [0.4, 0.5) is 0 Å². The molecule has 1 aromatic carbocycles. The lowest BCUT2D eigenvalue weighted by atomic mass is 10.3. The number of amides is 1. The van der Waals surface area contributed by atoms with Crippen LogP contribution in [0, 0.1) is 11.8 Å². The molecule has 1 heterocycles. The molecule has 0 bridgehead atoms. The maximum Gasteiger partial charge on any atom is 0.296 e. The van der Waals surface area contributed by atoms with Crippen LogP contribution in [0.1, 0.15) is 12.6 Å². The van der Waals surface area contributed by atoms with Crippen molar-refractivity contribution in [1.29, 1.82) is 0 Å². The van der Waals surface area contributed by atoms with Crippen molar-refractivity contribution in [2.24, 2.45) is 0 Å². The molecule has 0 aliphatic rings. The zero-order chi connectivity index (χ0) is 14.2. The summed E-state index contributed by atoms with van der Waals surface area (Å²) in [7, 11) is 0. The average Bonchev–Trinajstić information content (AvgIpc) is 2.48. The number of aromatic nitrogens is 1. The largest absolute Gasteiger partial charge is 0.456 e. The first-order chi connectivity index (χ1) is 9.78. The van der Waals surface area contributed by atoms with Gasteiger partial charge in [0.1, 0.15) is 11.5 Å². The Morgan fingerprint density at radius 2 is 2.00 bits per heavy atom. The van der Waals surface area contributed by atoms with Crippen molar-refractivity contribution in [2.45, 2.75) is 13.5 Å². The number of pyridine rings is 1. The van der Waals surface area contributed by atoms with Gasteiger partial charge in [-0.05, 0) is 37.1 Å². The maximum absolute atomic E-state index is 11.2. The Kier molecular flexibility index (Phi) is 4.74. The Hall–Kier alpha value is -2.80. The lowest BCUT2D eigenvalue weighted by molar-refractivity contribution is -0.115. The fraction of sp³-hybridized carbons (Fsp3) is 0.125. The van der Waals surface area contributed by atoms with Crippen molar-refractivity contribution in [3.05, 3.63) is 54.4 Å². The monoisotopic (exact) mass is 266 g/mol. The predicted molar refractivity (Wildman–Crippen MR) is 76.0 cm³/mol. The molecule has 0 unspecified atom stereocenters. The first kappa shape index (κ1) is 13.6. The molecule has 2 rings (SSSR count). The van der Waals surface area contributed by atoms with Gasteiger partial charge in [0, 0.05) is 0 Å². The molecule has 0 fully saturated rings. The molecular weight excluding hydrogens is 252 g/mol. The van der Waals surface area contributed by atoms with E-state index in [1.165, 1.54) is 0 Å². The smallest absolute Gasteiger partial charge is 0.296 e. The summed E-state index contributed by atoms with van der Waals surface area (Å²) in [6, 6.07) is 13.1. The zero-order valence-corrected chi connectivity index (χ0v) is 11.1. The van der Waals surface area contributed by atoms with E-state index in [2.05, 4.69) is 22.1 Å². The van der Waals surface area contributed by atoms with E-state index in [4.69, 9.17) is 4.74 Å². The highest BCUT2D eigenvalue weighted by Gasteiger charge is 2.00. The second-order valence-corrected chi connectivity index (χ2v) is 3.96. The minimum atomic E-state index is -0.307. The Balaban J connectivity index is 1.92. The normalized spacial score (nSPS) is 9.25. The summed E-state index contributed by atoms with van der Waals surface area (Å²) < 4.78 is 5.63. The summed E-state index contributed by atoms with van der Waals surface area (Å²) >= 11 is 0. The van der Waals surface area contributed by atoms with Crippen LogP contribution in [0.2, 0.25) is 0 Å². The van der Waals surface area contributed by atoms with Gasteiger partial charge in [0.25, 0.3) is 5.91 Å². The molecule has 0 aliphatic heterocycles. The molecule has 0 radical (unpaired) electrons. The zero-order valence-electron chi connectivity index (χ0n) is 11.1. The van der Waals surface area contributed by atoms with E-state index >= 15 is 0 Å². The quantitative estimate of drug-likeness (QED) is 0.865. The second-order valence-electron chi connectivity index (χ2n) is 3.96. The number of nitrogens with zero attached hydrogens (tertiary/aromatic N) is 1. The van der Waals surface area contributed by atoms with E-state index in [9.17, 15) is 4.79 Å². The molecule has 0 spiro atoms. The van der Waals surface area contributed by atoms with Crippen LogP contribution in [-0.2, 0) is 11.3 Å². The molecule has 0 atom stereocenters. The lowest BCUT2D eigenvalue weighted by Gasteiger charge is -2.06. The average molecular weight is 266 g/mol. The van der Waals surface area contributed by atoms with Gasteiger partial charge < -0.3 is 10.1 Å². The Labute approximate surface area is 117 Å². The van der Waals surface area contributed by atoms with Crippen LogP contribution in [-0.4, -0.2) is 10.9 Å². The first-order valence-corrected chi connectivity index (χ1v) is 6.16. The Morgan fingerprint density at radius 1 is 1.20 bits per heavy atom. The summed E-state index contributed by atoms with van der Waals surface area (Å²) in [5.41, 5.74) is 0.747. The number of para-hydroxylation sites is 1. The van der Waals surface area contributed by atoms with E-state index in [0.29, 0.717) is 12.3 Å². The number of rotatable bonds is 4. The van der Waals surface area contributed by atoms with Gasteiger partial charge in [-0.25, -0.2) is 0 Å². The number of ether oxygens (including phenoxy) is 1. The van der Waals surface area contributed by atoms with Gasteiger partial charge in [-0.3, -0.25) is 9.78 Å². The Morgan fingerprint density at radius 3 is 2.65 bits per heavy atom. The fourth-order valence-electron chi connectivity index (χ4n) is 1.53. The molecule has 4 nitrogen and oxygen atoms in total. The molecule has 1 N–H and O–H groups in total. The minimum Gasteiger partial charge on any atom is -0.456 e. The number of hydrogen-bond acceptors (Lipinski definition) is 3. The van der Waals surface area contributed by atoms with Gasteiger partial charge in [-0.2, -0.15) is 0 Å². The molecule has 0 aliphatic carbocycles. The molecule has 1 aromatic heterocycles. The highest BCUT2D eigenvalue weighted by molar-refractivity contribution is 5.93. The van der Waals surface area contributed by atoms with E-state index in [1.807, 2.05) is 36.4 Å². The third-order valence-corrected chi connectivity index (χ3v) is 2.45. The summed E-state index contributed by atoms with van der Waals surface area (Å²) in [6.45, 7) is 1.96. The predicted octanol–water partition coefficient (Wildman–Crippen LogP) is 2.51. The van der Waals surface area contributed by atoms with E-state index in [1.54, 1.807) is 19.2 Å². The standard InChI is InChI=1S/C16H14N2O2/c1-2-6-16(19)18-11-13-9-10-15(12-17-13)20-14-7-4-3-5-8-14/h3-5,7-10,12H,11H2,1H3,(H,18,19). The van der Waals surface area contributed by atoms with Gasteiger partial charge in [-0.1, -0.05) is 24.1 Å². The maximum atomic E-state index is 11.2. The molecule has 4 heteroatoms. The van der Waals surface area contributed by atoms with Gasteiger partial charge in [0.05, 0.1) is 18.4 Å². The Bertz CT molecular complexity index is 625. The van der Waals surface area contributed by atoms with E-state index in [-0.39, 0.29) is 5.91 Å². The summed E-state index contributed by atoms with van der Waals surface area (Å²) in [4.78, 5) is 15.4. The molecule has 0 saturated carbocycles. The number of hydrogen-bond donors (Lipinski definition) is 1. The lowest BCUT2D eigenvalue weighted by Crippen LogP contribution is -2.21. The first-order valence-electron chi connectivity index (χ1n) is 6.16. The van der Waals surface area contributed by atoms with E-state index < -0.39 is 0 Å². The SMILES string of the molecule is CC#CC(=O)NCc1ccc(Oc2ccccc2)cn1. The molecule has 20 heavy (non-hydrogen) atoms. The van der Waals surface area contributed by atoms with Crippen LogP contribution in [0.25, 0.3) is 0 Å². The van der Waals surface area contributed by atoms with E-state index in [0.717, 1.165) is 11.4 Å². The van der Waals surface area contributed by atoms with Gasteiger partial charge >= 0.3 is 0 Å². The number of carbonyl (C=O) groups excluding carboxylic acids is 1. The third kappa shape index (κ3) is 4.14. The summed E-state index contributed by atoms with van der Waals surface area (Å²) in [5, 5.41) is 2.65. The van der Waals surface area contributed by atoms with Gasteiger partial charge in [0.15, 0.2) is 0 Å².